The van der Waals surface area contributed by atoms with Crippen LogP contribution in [0.25, 0.3) is 0 Å². The average molecular weight is 316 g/mol. The first-order valence-corrected chi connectivity index (χ1v) is 7.92. The van der Waals surface area contributed by atoms with Crippen LogP contribution in [0, 0.1) is 0 Å². The van der Waals surface area contributed by atoms with E-state index in [4.69, 9.17) is 0 Å². The monoisotopic (exact) mass is 316 g/mol. The van der Waals surface area contributed by atoms with E-state index in [9.17, 15) is 9.90 Å². The normalized spacial score (nSPS) is 13.3. The largest absolute Gasteiger partial charge is 0.396 e. The van der Waals surface area contributed by atoms with Gasteiger partial charge in [-0.25, -0.2) is 9.48 Å². The van der Waals surface area contributed by atoms with Crippen LogP contribution in [0.4, 0.5) is 10.6 Å². The van der Waals surface area contributed by atoms with E-state index in [-0.39, 0.29) is 24.7 Å². The summed E-state index contributed by atoms with van der Waals surface area (Å²) in [6, 6.07) is 11.1. The zero-order valence-corrected chi connectivity index (χ0v) is 13.6. The first-order valence-electron chi connectivity index (χ1n) is 7.92. The molecule has 6 nitrogen and oxygen atoms in total. The molecule has 124 valence electrons. The van der Waals surface area contributed by atoms with Crippen LogP contribution < -0.4 is 10.6 Å². The lowest BCUT2D eigenvalue weighted by Gasteiger charge is -2.20. The molecular formula is C17H24N4O2. The maximum absolute atomic E-state index is 12.3. The van der Waals surface area contributed by atoms with Crippen LogP contribution in [-0.2, 0) is 0 Å². The van der Waals surface area contributed by atoms with E-state index >= 15 is 0 Å². The Morgan fingerprint density at radius 1 is 1.30 bits per heavy atom. The summed E-state index contributed by atoms with van der Waals surface area (Å²) in [5.41, 5.74) is 0.965. The molecule has 1 unspecified atom stereocenters. The average Bonchev–Trinajstić information content (AvgIpc) is 3.02. The highest BCUT2D eigenvalue weighted by molar-refractivity contribution is 5.88. The van der Waals surface area contributed by atoms with E-state index in [1.165, 1.54) is 0 Å². The Bertz CT molecular complexity index is 612. The van der Waals surface area contributed by atoms with Crippen molar-refractivity contribution in [1.82, 2.24) is 15.1 Å². The van der Waals surface area contributed by atoms with Gasteiger partial charge in [0.25, 0.3) is 0 Å². The fraction of sp³-hybridized carbons (Fsp3) is 0.412. The zero-order valence-electron chi connectivity index (χ0n) is 13.6. The lowest BCUT2D eigenvalue weighted by Crippen LogP contribution is -2.34. The zero-order chi connectivity index (χ0) is 16.7. The highest BCUT2D eigenvalue weighted by Crippen LogP contribution is 2.18. The van der Waals surface area contributed by atoms with Crippen LogP contribution in [0.3, 0.4) is 0 Å². The van der Waals surface area contributed by atoms with Crippen molar-refractivity contribution < 1.29 is 9.90 Å². The number of anilines is 1. The third-order valence-corrected chi connectivity index (χ3v) is 3.85. The summed E-state index contributed by atoms with van der Waals surface area (Å²) >= 11 is 0. The molecule has 1 aromatic carbocycles. The highest BCUT2D eigenvalue weighted by atomic mass is 16.3. The third kappa shape index (κ3) is 4.56. The highest BCUT2D eigenvalue weighted by Gasteiger charge is 2.16. The topological polar surface area (TPSA) is 79.2 Å². The van der Waals surface area contributed by atoms with Gasteiger partial charge in [-0.2, -0.15) is 5.10 Å². The molecule has 0 saturated heterocycles. The van der Waals surface area contributed by atoms with Gasteiger partial charge in [-0.3, -0.25) is 5.32 Å². The van der Waals surface area contributed by atoms with Gasteiger partial charge in [0, 0.05) is 12.7 Å². The Kier molecular flexibility index (Phi) is 6.17. The van der Waals surface area contributed by atoms with Crippen LogP contribution in [0.15, 0.2) is 42.6 Å². The Balaban J connectivity index is 2.04. The van der Waals surface area contributed by atoms with Gasteiger partial charge in [-0.05, 0) is 25.3 Å². The van der Waals surface area contributed by atoms with Crippen molar-refractivity contribution >= 4 is 11.8 Å². The van der Waals surface area contributed by atoms with Crippen molar-refractivity contribution in [3.8, 4) is 0 Å². The lowest BCUT2D eigenvalue weighted by atomic mass is 10.0. The number of hydrogen-bond donors (Lipinski definition) is 3. The molecule has 0 bridgehead atoms. The van der Waals surface area contributed by atoms with Gasteiger partial charge in [0.15, 0.2) is 0 Å². The molecule has 3 N–H and O–H groups in total. The van der Waals surface area contributed by atoms with E-state index in [1.54, 1.807) is 16.9 Å². The number of rotatable bonds is 7. The maximum Gasteiger partial charge on any atom is 0.320 e. The number of aliphatic hydroxyl groups excluding tert-OH is 1. The predicted octanol–water partition coefficient (Wildman–Crippen LogP) is 3.10. The second kappa shape index (κ2) is 8.33. The fourth-order valence-electron chi connectivity index (χ4n) is 2.38. The molecule has 23 heavy (non-hydrogen) atoms. The smallest absolute Gasteiger partial charge is 0.320 e. The first kappa shape index (κ1) is 17.0. The van der Waals surface area contributed by atoms with Crippen LogP contribution in [0.5, 0.6) is 0 Å². The fourth-order valence-corrected chi connectivity index (χ4v) is 2.38. The van der Waals surface area contributed by atoms with Crippen molar-refractivity contribution in [2.75, 3.05) is 11.9 Å². The molecule has 0 aliphatic rings. The maximum atomic E-state index is 12.3. The first-order chi connectivity index (χ1) is 11.2. The Morgan fingerprint density at radius 3 is 2.70 bits per heavy atom. The Labute approximate surface area is 136 Å². The van der Waals surface area contributed by atoms with Crippen LogP contribution >= 0.6 is 0 Å². The number of nitrogens with one attached hydrogen (secondary N) is 2. The van der Waals surface area contributed by atoms with Crippen LogP contribution in [-0.4, -0.2) is 27.5 Å². The van der Waals surface area contributed by atoms with E-state index in [1.807, 2.05) is 30.3 Å². The van der Waals surface area contributed by atoms with Gasteiger partial charge in [0.2, 0.25) is 0 Å². The van der Waals surface area contributed by atoms with Crippen molar-refractivity contribution in [2.24, 2.45) is 0 Å². The van der Waals surface area contributed by atoms with E-state index < -0.39 is 0 Å². The van der Waals surface area contributed by atoms with E-state index in [0.717, 1.165) is 12.0 Å². The summed E-state index contributed by atoms with van der Waals surface area (Å²) in [4.78, 5) is 12.3. The summed E-state index contributed by atoms with van der Waals surface area (Å²) in [6.45, 7) is 4.13. The number of benzene rings is 1. The number of aromatic nitrogens is 2. The third-order valence-electron chi connectivity index (χ3n) is 3.85. The Morgan fingerprint density at radius 2 is 2.04 bits per heavy atom. The molecule has 0 radical (unpaired) electrons. The molecule has 2 aromatic rings. The minimum atomic E-state index is -0.308. The van der Waals surface area contributed by atoms with Crippen molar-refractivity contribution in [1.29, 1.82) is 0 Å². The van der Waals surface area contributed by atoms with Crippen LogP contribution in [0.2, 0.25) is 0 Å². The molecule has 2 amide bonds. The molecule has 1 heterocycles. The second-order valence-electron chi connectivity index (χ2n) is 5.49. The number of carbonyl (C=O) groups is 1. The van der Waals surface area contributed by atoms with Crippen molar-refractivity contribution in [2.45, 2.75) is 38.8 Å². The standard InChI is InChI=1S/C17H24N4O2/c1-3-13(2)21-16(9-11-18-21)20-17(23)19-15(10-12-22)14-7-5-4-6-8-14/h4-9,11,13,15,22H,3,10,12H2,1-2H3,(H2,19,20,23)/t13?,15-/m1/s1. The lowest BCUT2D eigenvalue weighted by molar-refractivity contribution is 0.239. The molecule has 0 fully saturated rings. The summed E-state index contributed by atoms with van der Waals surface area (Å²) in [5, 5.41) is 19.2. The summed E-state index contributed by atoms with van der Waals surface area (Å²) in [6.07, 6.45) is 3.06. The summed E-state index contributed by atoms with van der Waals surface area (Å²) < 4.78 is 1.79. The quantitative estimate of drug-likeness (QED) is 0.734. The number of hydrogen-bond acceptors (Lipinski definition) is 3. The van der Waals surface area contributed by atoms with Gasteiger partial charge in [-0.15, -0.1) is 0 Å². The minimum Gasteiger partial charge on any atom is -0.396 e. The minimum absolute atomic E-state index is 0.00461. The molecule has 1 aromatic heterocycles. The van der Waals surface area contributed by atoms with Crippen LogP contribution in [0.1, 0.15) is 44.3 Å². The predicted molar refractivity (Wildman–Crippen MR) is 90.3 cm³/mol. The summed E-state index contributed by atoms with van der Waals surface area (Å²) in [5.74, 6) is 0.660. The number of amides is 2. The number of aliphatic hydroxyl groups is 1. The van der Waals surface area contributed by atoms with Crippen molar-refractivity contribution in [3.05, 3.63) is 48.2 Å². The molecule has 0 saturated carbocycles. The number of carbonyl (C=O) groups excluding carboxylic acids is 1. The molecule has 2 rings (SSSR count). The summed E-state index contributed by atoms with van der Waals surface area (Å²) in [7, 11) is 0. The van der Waals surface area contributed by atoms with Gasteiger partial charge in [0.1, 0.15) is 5.82 Å². The van der Waals surface area contributed by atoms with E-state index in [2.05, 4.69) is 29.6 Å². The number of urea groups is 1. The molecule has 6 heteroatoms. The van der Waals surface area contributed by atoms with Gasteiger partial charge in [0.05, 0.1) is 18.3 Å². The molecule has 0 aliphatic heterocycles. The van der Waals surface area contributed by atoms with Gasteiger partial charge in [-0.1, -0.05) is 37.3 Å². The molecule has 2 atom stereocenters. The molecular weight excluding hydrogens is 292 g/mol. The molecule has 0 aliphatic carbocycles. The van der Waals surface area contributed by atoms with Crippen molar-refractivity contribution in [3.63, 3.8) is 0 Å². The Hall–Kier alpha value is -2.34. The molecule has 0 spiro atoms. The number of nitrogens with zero attached hydrogens (tertiary/aromatic N) is 2. The SMILES string of the molecule is CCC(C)n1nccc1NC(=O)N[C@H](CCO)c1ccccc1. The second-order valence-corrected chi connectivity index (χ2v) is 5.49. The van der Waals surface area contributed by atoms with Gasteiger partial charge >= 0.3 is 6.03 Å². The van der Waals surface area contributed by atoms with E-state index in [0.29, 0.717) is 12.2 Å². The van der Waals surface area contributed by atoms with Gasteiger partial charge < -0.3 is 10.4 Å².